The molecule has 0 bridgehead atoms. The molecule has 0 aromatic rings. The van der Waals surface area contributed by atoms with Gasteiger partial charge in [0.05, 0.1) is 11.6 Å². The molecular formula is C11H24N2O3. The van der Waals surface area contributed by atoms with Crippen molar-refractivity contribution in [2.24, 2.45) is 5.73 Å². The van der Waals surface area contributed by atoms with Crippen LogP contribution in [0, 0.1) is 0 Å². The van der Waals surface area contributed by atoms with Gasteiger partial charge in [0.25, 0.3) is 0 Å². The van der Waals surface area contributed by atoms with Gasteiger partial charge < -0.3 is 20.5 Å². The molecule has 0 aromatic heterocycles. The number of nitrogens with two attached hydrogens (primary N) is 1. The van der Waals surface area contributed by atoms with Crippen LogP contribution in [0.4, 0.5) is 0 Å². The Labute approximate surface area is 97.7 Å². The van der Waals surface area contributed by atoms with E-state index in [4.69, 9.17) is 15.2 Å². The minimum Gasteiger partial charge on any atom is -0.385 e. The number of nitrogens with one attached hydrogen (secondary N) is 1. The lowest BCUT2D eigenvalue weighted by molar-refractivity contribution is -0.123. The minimum atomic E-state index is -0.470. The molecule has 0 aromatic carbocycles. The van der Waals surface area contributed by atoms with E-state index in [9.17, 15) is 4.79 Å². The van der Waals surface area contributed by atoms with Crippen molar-refractivity contribution < 1.29 is 14.3 Å². The first kappa shape index (κ1) is 15.3. The zero-order valence-corrected chi connectivity index (χ0v) is 10.7. The first-order valence-electron chi connectivity index (χ1n) is 5.50. The Morgan fingerprint density at radius 2 is 2.06 bits per heavy atom. The molecular weight excluding hydrogens is 208 g/mol. The van der Waals surface area contributed by atoms with E-state index in [1.807, 2.05) is 13.8 Å². The van der Waals surface area contributed by atoms with Gasteiger partial charge in [-0.15, -0.1) is 0 Å². The second-order valence-corrected chi connectivity index (χ2v) is 4.42. The zero-order chi connectivity index (χ0) is 12.6. The van der Waals surface area contributed by atoms with Crippen molar-refractivity contribution in [3.8, 4) is 0 Å². The fourth-order valence-corrected chi connectivity index (χ4v) is 1.08. The topological polar surface area (TPSA) is 73.6 Å². The van der Waals surface area contributed by atoms with Gasteiger partial charge in [0, 0.05) is 27.4 Å². The molecule has 0 heterocycles. The second kappa shape index (κ2) is 7.60. The third-order valence-electron chi connectivity index (χ3n) is 2.44. The maximum atomic E-state index is 11.6. The van der Waals surface area contributed by atoms with Crippen LogP contribution in [0.25, 0.3) is 0 Å². The van der Waals surface area contributed by atoms with E-state index in [1.54, 1.807) is 14.2 Å². The molecule has 5 heteroatoms. The molecule has 96 valence electrons. The number of hydrogen-bond acceptors (Lipinski definition) is 4. The van der Waals surface area contributed by atoms with E-state index in [-0.39, 0.29) is 11.5 Å². The number of amides is 1. The van der Waals surface area contributed by atoms with Crippen LogP contribution in [-0.2, 0) is 14.3 Å². The van der Waals surface area contributed by atoms with Crippen LogP contribution in [0.2, 0.25) is 0 Å². The highest BCUT2D eigenvalue weighted by molar-refractivity contribution is 5.81. The molecule has 1 amide bonds. The summed E-state index contributed by atoms with van der Waals surface area (Å²) in [6.45, 7) is 4.90. The van der Waals surface area contributed by atoms with E-state index in [0.717, 1.165) is 6.42 Å². The van der Waals surface area contributed by atoms with Gasteiger partial charge in [-0.2, -0.15) is 0 Å². The molecule has 0 rings (SSSR count). The third-order valence-corrected chi connectivity index (χ3v) is 2.44. The van der Waals surface area contributed by atoms with Gasteiger partial charge >= 0.3 is 0 Å². The fraction of sp³-hybridized carbons (Fsp3) is 0.909. The number of carbonyl (C=O) groups is 1. The summed E-state index contributed by atoms with van der Waals surface area (Å²) in [7, 11) is 3.25. The van der Waals surface area contributed by atoms with Crippen LogP contribution in [0.15, 0.2) is 0 Å². The van der Waals surface area contributed by atoms with Crippen LogP contribution < -0.4 is 11.1 Å². The molecule has 0 aliphatic carbocycles. The molecule has 5 nitrogen and oxygen atoms in total. The first-order valence-corrected chi connectivity index (χ1v) is 5.50. The molecule has 0 saturated carbocycles. The molecule has 0 fully saturated rings. The lowest BCUT2D eigenvalue weighted by Crippen LogP contribution is -2.46. The maximum absolute atomic E-state index is 11.6. The summed E-state index contributed by atoms with van der Waals surface area (Å²) in [5.41, 5.74) is 5.36. The van der Waals surface area contributed by atoms with Crippen LogP contribution in [-0.4, -0.2) is 44.9 Å². The van der Waals surface area contributed by atoms with E-state index in [2.05, 4.69) is 5.32 Å². The number of ether oxygens (including phenoxy) is 2. The second-order valence-electron chi connectivity index (χ2n) is 4.42. The van der Waals surface area contributed by atoms with Gasteiger partial charge in [-0.05, 0) is 26.7 Å². The zero-order valence-electron chi connectivity index (χ0n) is 10.7. The van der Waals surface area contributed by atoms with Crippen molar-refractivity contribution in [3.63, 3.8) is 0 Å². The average Bonchev–Trinajstić information content (AvgIpc) is 2.26. The summed E-state index contributed by atoms with van der Waals surface area (Å²) < 4.78 is 10.1. The molecule has 0 saturated heterocycles. The van der Waals surface area contributed by atoms with E-state index < -0.39 is 6.04 Å². The summed E-state index contributed by atoms with van der Waals surface area (Å²) in [4.78, 5) is 11.6. The van der Waals surface area contributed by atoms with Gasteiger partial charge in [-0.3, -0.25) is 4.79 Å². The number of rotatable bonds is 8. The summed E-state index contributed by atoms with van der Waals surface area (Å²) in [5, 5.41) is 2.77. The summed E-state index contributed by atoms with van der Waals surface area (Å²) >= 11 is 0. The Morgan fingerprint density at radius 1 is 1.44 bits per heavy atom. The van der Waals surface area contributed by atoms with Gasteiger partial charge in [-0.25, -0.2) is 0 Å². The molecule has 1 atom stereocenters. The molecule has 16 heavy (non-hydrogen) atoms. The van der Waals surface area contributed by atoms with Crippen molar-refractivity contribution in [1.29, 1.82) is 0 Å². The third kappa shape index (κ3) is 6.76. The predicted octanol–water partition coefficient (Wildman–Crippen LogP) is 0.282. The first-order chi connectivity index (χ1) is 7.43. The predicted molar refractivity (Wildman–Crippen MR) is 63.2 cm³/mol. The summed E-state index contributed by atoms with van der Waals surface area (Å²) in [5.74, 6) is -0.138. The Morgan fingerprint density at radius 3 is 2.56 bits per heavy atom. The summed E-state index contributed by atoms with van der Waals surface area (Å²) in [6.07, 6.45) is 1.42. The van der Waals surface area contributed by atoms with Crippen LogP contribution >= 0.6 is 0 Å². The highest BCUT2D eigenvalue weighted by Crippen LogP contribution is 2.05. The number of hydrogen-bond donors (Lipinski definition) is 2. The van der Waals surface area contributed by atoms with Crippen molar-refractivity contribution in [2.75, 3.05) is 27.4 Å². The van der Waals surface area contributed by atoms with Crippen LogP contribution in [0.1, 0.15) is 26.7 Å². The smallest absolute Gasteiger partial charge is 0.237 e. The lowest BCUT2D eigenvalue weighted by Gasteiger charge is -2.24. The van der Waals surface area contributed by atoms with Gasteiger partial charge in [0.15, 0.2) is 0 Å². The molecule has 0 radical (unpaired) electrons. The van der Waals surface area contributed by atoms with Crippen molar-refractivity contribution in [2.45, 2.75) is 38.3 Å². The maximum Gasteiger partial charge on any atom is 0.237 e. The number of carbonyl (C=O) groups excluding carboxylic acids is 1. The summed E-state index contributed by atoms with van der Waals surface area (Å²) in [6, 6.07) is -0.470. The number of methoxy groups -OCH3 is 2. The molecule has 0 aliphatic rings. The van der Waals surface area contributed by atoms with Crippen molar-refractivity contribution >= 4 is 5.91 Å². The largest absolute Gasteiger partial charge is 0.385 e. The van der Waals surface area contributed by atoms with Gasteiger partial charge in [-0.1, -0.05) is 0 Å². The SMILES string of the molecule is COCCCC(N)C(=O)NCC(C)(C)OC. The van der Waals surface area contributed by atoms with Gasteiger partial charge in [0.2, 0.25) is 5.91 Å². The molecule has 1 unspecified atom stereocenters. The fourth-order valence-electron chi connectivity index (χ4n) is 1.08. The minimum absolute atomic E-state index is 0.138. The van der Waals surface area contributed by atoms with E-state index >= 15 is 0 Å². The Balaban J connectivity index is 3.79. The van der Waals surface area contributed by atoms with Crippen LogP contribution in [0.3, 0.4) is 0 Å². The monoisotopic (exact) mass is 232 g/mol. The Bertz CT molecular complexity index is 207. The van der Waals surface area contributed by atoms with E-state index in [1.165, 1.54) is 0 Å². The van der Waals surface area contributed by atoms with Crippen molar-refractivity contribution in [3.05, 3.63) is 0 Å². The molecule has 0 spiro atoms. The standard InChI is InChI=1S/C11H24N2O3/c1-11(2,16-4)8-13-10(14)9(12)6-5-7-15-3/h9H,5-8,12H2,1-4H3,(H,13,14). The average molecular weight is 232 g/mol. The van der Waals surface area contributed by atoms with E-state index in [0.29, 0.717) is 19.6 Å². The van der Waals surface area contributed by atoms with Gasteiger partial charge in [0.1, 0.15) is 0 Å². The molecule has 0 aliphatic heterocycles. The normalized spacial score (nSPS) is 13.6. The lowest BCUT2D eigenvalue weighted by atomic mass is 10.1. The molecule has 3 N–H and O–H groups in total. The highest BCUT2D eigenvalue weighted by atomic mass is 16.5. The van der Waals surface area contributed by atoms with Crippen molar-refractivity contribution in [1.82, 2.24) is 5.32 Å². The Kier molecular flexibility index (Phi) is 7.29. The quantitative estimate of drug-likeness (QED) is 0.590. The Hall–Kier alpha value is -0.650. The highest BCUT2D eigenvalue weighted by Gasteiger charge is 2.19. The van der Waals surface area contributed by atoms with Crippen LogP contribution in [0.5, 0.6) is 0 Å².